The average molecular weight is 231 g/mol. The summed E-state index contributed by atoms with van der Waals surface area (Å²) in [4.78, 5) is 0. The lowest BCUT2D eigenvalue weighted by molar-refractivity contribution is -0.0476. The fraction of sp³-hybridized carbons (Fsp3) is 0.786. The number of nitrogens with one attached hydrogen (secondary N) is 1. The Hall–Kier alpha value is -0.830. The van der Waals surface area contributed by atoms with Gasteiger partial charge in [-0.2, -0.15) is 5.10 Å². The van der Waals surface area contributed by atoms with Gasteiger partial charge in [-0.1, -0.05) is 0 Å². The van der Waals surface area contributed by atoms with Crippen LogP contribution in [0.5, 0.6) is 0 Å². The third-order valence-electron chi connectivity index (χ3n) is 5.60. The van der Waals surface area contributed by atoms with Gasteiger partial charge in [0.05, 0.1) is 5.69 Å². The SMILES string of the molecule is NC(c1ccn[nH]1)C1C2CC3CC(C2)CC1C3. The van der Waals surface area contributed by atoms with Crippen molar-refractivity contribution in [2.75, 3.05) is 0 Å². The zero-order valence-corrected chi connectivity index (χ0v) is 10.2. The van der Waals surface area contributed by atoms with Crippen molar-refractivity contribution in [1.29, 1.82) is 0 Å². The van der Waals surface area contributed by atoms with Gasteiger partial charge in [0.15, 0.2) is 0 Å². The van der Waals surface area contributed by atoms with Crippen LogP contribution in [0.1, 0.15) is 43.8 Å². The van der Waals surface area contributed by atoms with Gasteiger partial charge in [-0.25, -0.2) is 0 Å². The Morgan fingerprint density at radius 1 is 1.12 bits per heavy atom. The number of hydrogen-bond acceptors (Lipinski definition) is 2. The van der Waals surface area contributed by atoms with Crippen LogP contribution in [0, 0.1) is 29.6 Å². The lowest BCUT2D eigenvalue weighted by atomic mass is 9.50. The van der Waals surface area contributed by atoms with Crippen molar-refractivity contribution in [2.45, 2.75) is 38.1 Å². The number of H-pyrrole nitrogens is 1. The first-order valence-corrected chi connectivity index (χ1v) is 7.06. The van der Waals surface area contributed by atoms with Crippen LogP contribution in [-0.2, 0) is 0 Å². The minimum absolute atomic E-state index is 0.187. The van der Waals surface area contributed by atoms with Gasteiger partial charge in [0.2, 0.25) is 0 Å². The summed E-state index contributed by atoms with van der Waals surface area (Å²) in [7, 11) is 0. The van der Waals surface area contributed by atoms with Gasteiger partial charge in [0, 0.05) is 12.2 Å². The second kappa shape index (κ2) is 3.58. The fourth-order valence-corrected chi connectivity index (χ4v) is 5.21. The molecule has 4 aliphatic rings. The highest BCUT2D eigenvalue weighted by molar-refractivity contribution is 5.10. The van der Waals surface area contributed by atoms with Crippen molar-refractivity contribution < 1.29 is 0 Å². The van der Waals surface area contributed by atoms with Gasteiger partial charge >= 0.3 is 0 Å². The minimum Gasteiger partial charge on any atom is -0.322 e. The third-order valence-corrected chi connectivity index (χ3v) is 5.60. The first kappa shape index (κ1) is 10.1. The Bertz CT molecular complexity index is 370. The second-order valence-corrected chi connectivity index (χ2v) is 6.55. The summed E-state index contributed by atoms with van der Waals surface area (Å²) in [5, 5.41) is 7.12. The van der Waals surface area contributed by atoms with E-state index in [-0.39, 0.29) is 6.04 Å². The molecule has 5 rings (SSSR count). The topological polar surface area (TPSA) is 54.7 Å². The smallest absolute Gasteiger partial charge is 0.0522 e. The highest BCUT2D eigenvalue weighted by Crippen LogP contribution is 2.58. The van der Waals surface area contributed by atoms with E-state index in [1.807, 2.05) is 6.20 Å². The minimum atomic E-state index is 0.187. The maximum absolute atomic E-state index is 6.49. The molecule has 0 amide bonds. The molecule has 3 heteroatoms. The molecule has 0 aliphatic heterocycles. The molecule has 1 unspecified atom stereocenters. The second-order valence-electron chi connectivity index (χ2n) is 6.55. The highest BCUT2D eigenvalue weighted by atomic mass is 15.1. The summed E-state index contributed by atoms with van der Waals surface area (Å²) in [5.74, 6) is 4.56. The van der Waals surface area contributed by atoms with Crippen molar-refractivity contribution >= 4 is 0 Å². The molecular formula is C14H21N3. The maximum Gasteiger partial charge on any atom is 0.0522 e. The summed E-state index contributed by atoms with van der Waals surface area (Å²) in [6, 6.07) is 2.24. The number of aromatic amines is 1. The van der Waals surface area contributed by atoms with Crippen molar-refractivity contribution in [3.63, 3.8) is 0 Å². The van der Waals surface area contributed by atoms with Crippen LogP contribution >= 0.6 is 0 Å². The Morgan fingerprint density at radius 3 is 2.29 bits per heavy atom. The normalized spacial score (nSPS) is 45.1. The van der Waals surface area contributed by atoms with Gasteiger partial charge in [-0.3, -0.25) is 5.10 Å². The number of hydrogen-bond donors (Lipinski definition) is 2. The molecule has 4 bridgehead atoms. The number of rotatable bonds is 2. The standard InChI is InChI=1S/C14H21N3/c15-14(12-1-2-16-17-12)13-10-4-8-3-9(6-10)7-11(13)5-8/h1-2,8-11,13-14H,3-7,15H2,(H,16,17). The first-order chi connectivity index (χ1) is 8.31. The Kier molecular flexibility index (Phi) is 2.13. The first-order valence-electron chi connectivity index (χ1n) is 7.06. The number of aromatic nitrogens is 2. The molecule has 1 atom stereocenters. The van der Waals surface area contributed by atoms with Crippen LogP contribution in [0.4, 0.5) is 0 Å². The van der Waals surface area contributed by atoms with E-state index in [9.17, 15) is 0 Å². The lowest BCUT2D eigenvalue weighted by Gasteiger charge is -2.55. The monoisotopic (exact) mass is 231 g/mol. The van der Waals surface area contributed by atoms with E-state index in [1.165, 1.54) is 32.1 Å². The molecule has 3 N–H and O–H groups in total. The summed E-state index contributed by atoms with van der Waals surface area (Å²) >= 11 is 0. The Balaban J connectivity index is 1.62. The van der Waals surface area contributed by atoms with E-state index < -0.39 is 0 Å². The van der Waals surface area contributed by atoms with Crippen molar-refractivity contribution in [3.05, 3.63) is 18.0 Å². The summed E-state index contributed by atoms with van der Waals surface area (Å²) in [5.41, 5.74) is 7.63. The maximum atomic E-state index is 6.49. The molecule has 1 heterocycles. The molecule has 17 heavy (non-hydrogen) atoms. The molecular weight excluding hydrogens is 210 g/mol. The van der Waals surface area contributed by atoms with Gasteiger partial charge in [0.1, 0.15) is 0 Å². The zero-order valence-electron chi connectivity index (χ0n) is 10.2. The summed E-state index contributed by atoms with van der Waals surface area (Å²) in [6.45, 7) is 0. The van der Waals surface area contributed by atoms with Crippen LogP contribution in [0.2, 0.25) is 0 Å². The zero-order chi connectivity index (χ0) is 11.4. The fourth-order valence-electron chi connectivity index (χ4n) is 5.21. The van der Waals surface area contributed by atoms with Crippen molar-refractivity contribution in [2.24, 2.45) is 35.3 Å². The molecule has 3 nitrogen and oxygen atoms in total. The predicted molar refractivity (Wildman–Crippen MR) is 66.1 cm³/mol. The highest BCUT2D eigenvalue weighted by Gasteiger charge is 2.50. The van der Waals surface area contributed by atoms with Crippen molar-refractivity contribution in [3.8, 4) is 0 Å². The molecule has 4 aliphatic carbocycles. The molecule has 0 spiro atoms. The van der Waals surface area contributed by atoms with Crippen LogP contribution in [-0.4, -0.2) is 10.2 Å². The number of nitrogens with two attached hydrogens (primary N) is 1. The van der Waals surface area contributed by atoms with Gasteiger partial charge in [-0.15, -0.1) is 0 Å². The predicted octanol–water partition coefficient (Wildman–Crippen LogP) is 2.48. The van der Waals surface area contributed by atoms with E-state index in [1.54, 1.807) is 0 Å². The van der Waals surface area contributed by atoms with E-state index >= 15 is 0 Å². The van der Waals surface area contributed by atoms with Crippen LogP contribution < -0.4 is 5.73 Å². The molecule has 0 radical (unpaired) electrons. The molecule has 92 valence electrons. The average Bonchev–Trinajstić information content (AvgIpc) is 2.80. The van der Waals surface area contributed by atoms with Crippen molar-refractivity contribution in [1.82, 2.24) is 10.2 Å². The van der Waals surface area contributed by atoms with Gasteiger partial charge < -0.3 is 5.73 Å². The number of nitrogens with zero attached hydrogens (tertiary/aromatic N) is 1. The molecule has 0 saturated heterocycles. The summed E-state index contributed by atoms with van der Waals surface area (Å²) in [6.07, 6.45) is 9.11. The van der Waals surface area contributed by atoms with E-state index in [2.05, 4.69) is 16.3 Å². The van der Waals surface area contributed by atoms with Crippen LogP contribution in [0.25, 0.3) is 0 Å². The molecule has 4 fully saturated rings. The quantitative estimate of drug-likeness (QED) is 0.821. The Morgan fingerprint density at radius 2 is 1.76 bits per heavy atom. The van der Waals surface area contributed by atoms with Gasteiger partial charge in [-0.05, 0) is 67.8 Å². The van der Waals surface area contributed by atoms with Gasteiger partial charge in [0.25, 0.3) is 0 Å². The molecule has 4 saturated carbocycles. The molecule has 0 aromatic carbocycles. The largest absolute Gasteiger partial charge is 0.322 e. The van der Waals surface area contributed by atoms with E-state index in [0.717, 1.165) is 29.4 Å². The molecule has 1 aromatic heterocycles. The van der Waals surface area contributed by atoms with E-state index in [0.29, 0.717) is 5.92 Å². The Labute approximate surface area is 102 Å². The van der Waals surface area contributed by atoms with Crippen LogP contribution in [0.3, 0.4) is 0 Å². The van der Waals surface area contributed by atoms with E-state index in [4.69, 9.17) is 5.73 Å². The molecule has 1 aromatic rings. The van der Waals surface area contributed by atoms with Crippen LogP contribution in [0.15, 0.2) is 12.3 Å². The summed E-state index contributed by atoms with van der Waals surface area (Å²) < 4.78 is 0. The third kappa shape index (κ3) is 1.48. The lowest BCUT2D eigenvalue weighted by Crippen LogP contribution is -2.48.